The zero-order valence-electron chi connectivity index (χ0n) is 12.4. The summed E-state index contributed by atoms with van der Waals surface area (Å²) in [6.45, 7) is 0.0829. The predicted molar refractivity (Wildman–Crippen MR) is 88.9 cm³/mol. The molecule has 0 amide bonds. The van der Waals surface area contributed by atoms with Crippen molar-refractivity contribution in [1.82, 2.24) is 0 Å². The van der Waals surface area contributed by atoms with Crippen molar-refractivity contribution in [2.45, 2.75) is 0 Å². The first kappa shape index (κ1) is 15.3. The van der Waals surface area contributed by atoms with Crippen molar-refractivity contribution < 1.29 is 14.1 Å². The summed E-state index contributed by atoms with van der Waals surface area (Å²) in [5, 5.41) is 11.8. The molecule has 3 rings (SSSR count). The van der Waals surface area contributed by atoms with Gasteiger partial charge < -0.3 is 9.15 Å². The maximum atomic E-state index is 11.9. The van der Waals surface area contributed by atoms with Crippen LogP contribution >= 0.6 is 0 Å². The standard InChI is InChI=1S/C18H11NO5/c1-2-9-23-12-7-8-14-15(11-18(20)24-17(14)10-12)13-5-3-4-6-16(13)19(21)22/h1,3-8,10-11H,9H2. The second-order valence-electron chi connectivity index (χ2n) is 4.90. The molecule has 6 heteroatoms. The second-order valence-corrected chi connectivity index (χ2v) is 4.90. The molecule has 1 heterocycles. The van der Waals surface area contributed by atoms with Crippen LogP contribution in [-0.2, 0) is 0 Å². The average Bonchev–Trinajstić information content (AvgIpc) is 2.58. The Labute approximate surface area is 136 Å². The molecular weight excluding hydrogens is 310 g/mol. The fraction of sp³-hybridized carbons (Fsp3) is 0.0556. The van der Waals surface area contributed by atoms with E-state index >= 15 is 0 Å². The molecular formula is C18H11NO5. The summed E-state index contributed by atoms with van der Waals surface area (Å²) >= 11 is 0. The summed E-state index contributed by atoms with van der Waals surface area (Å²) in [7, 11) is 0. The fourth-order valence-corrected chi connectivity index (χ4v) is 2.44. The number of nitro groups is 1. The van der Waals surface area contributed by atoms with E-state index in [9.17, 15) is 14.9 Å². The minimum Gasteiger partial charge on any atom is -0.481 e. The molecule has 0 fully saturated rings. The number of nitro benzene ring substituents is 1. The molecule has 0 bridgehead atoms. The topological polar surface area (TPSA) is 82.6 Å². The van der Waals surface area contributed by atoms with E-state index in [1.54, 1.807) is 30.3 Å². The molecule has 1 aromatic heterocycles. The van der Waals surface area contributed by atoms with E-state index in [1.807, 2.05) is 0 Å². The third-order valence-corrected chi connectivity index (χ3v) is 3.43. The lowest BCUT2D eigenvalue weighted by Crippen LogP contribution is -2.00. The van der Waals surface area contributed by atoms with Crippen LogP contribution in [0.3, 0.4) is 0 Å². The normalized spacial score (nSPS) is 10.3. The molecule has 24 heavy (non-hydrogen) atoms. The number of para-hydroxylation sites is 1. The van der Waals surface area contributed by atoms with E-state index in [4.69, 9.17) is 15.6 Å². The summed E-state index contributed by atoms with van der Waals surface area (Å²) in [4.78, 5) is 22.6. The highest BCUT2D eigenvalue weighted by molar-refractivity contribution is 5.96. The zero-order valence-corrected chi connectivity index (χ0v) is 12.4. The van der Waals surface area contributed by atoms with Crippen molar-refractivity contribution in [3.8, 4) is 29.2 Å². The summed E-state index contributed by atoms with van der Waals surface area (Å²) in [5.41, 5.74) is 0.349. The predicted octanol–water partition coefficient (Wildman–Crippen LogP) is 3.38. The largest absolute Gasteiger partial charge is 0.481 e. The first-order valence-electron chi connectivity index (χ1n) is 6.98. The van der Waals surface area contributed by atoms with Gasteiger partial charge in [-0.15, -0.1) is 6.42 Å². The van der Waals surface area contributed by atoms with Gasteiger partial charge in [-0.2, -0.15) is 0 Å². The second kappa shape index (κ2) is 6.26. The van der Waals surface area contributed by atoms with Gasteiger partial charge >= 0.3 is 5.63 Å². The number of terminal acetylenes is 1. The van der Waals surface area contributed by atoms with Gasteiger partial charge in [0.25, 0.3) is 5.69 Å². The smallest absolute Gasteiger partial charge is 0.336 e. The Hall–Kier alpha value is -3.59. The molecule has 0 radical (unpaired) electrons. The zero-order chi connectivity index (χ0) is 17.1. The number of nitrogens with zero attached hydrogens (tertiary/aromatic N) is 1. The highest BCUT2D eigenvalue weighted by atomic mass is 16.6. The third kappa shape index (κ3) is 2.83. The Morgan fingerprint density at radius 2 is 1.96 bits per heavy atom. The molecule has 0 aliphatic heterocycles. The number of benzene rings is 2. The van der Waals surface area contributed by atoms with Crippen LogP contribution in [0.25, 0.3) is 22.1 Å². The van der Waals surface area contributed by atoms with E-state index in [0.29, 0.717) is 22.3 Å². The maximum absolute atomic E-state index is 11.9. The quantitative estimate of drug-likeness (QED) is 0.318. The van der Waals surface area contributed by atoms with Crippen LogP contribution in [0.2, 0.25) is 0 Å². The summed E-state index contributed by atoms with van der Waals surface area (Å²) in [6, 6.07) is 12.3. The number of hydrogen-bond acceptors (Lipinski definition) is 5. The van der Waals surface area contributed by atoms with E-state index in [-0.39, 0.29) is 17.9 Å². The molecule has 2 aromatic carbocycles. The van der Waals surface area contributed by atoms with Crippen molar-refractivity contribution >= 4 is 16.7 Å². The average molecular weight is 321 g/mol. The molecule has 0 N–H and O–H groups in total. The highest BCUT2D eigenvalue weighted by Gasteiger charge is 2.18. The minimum atomic E-state index is -0.607. The van der Waals surface area contributed by atoms with Gasteiger partial charge in [-0.05, 0) is 18.2 Å². The lowest BCUT2D eigenvalue weighted by molar-refractivity contribution is -0.384. The van der Waals surface area contributed by atoms with Crippen LogP contribution < -0.4 is 10.4 Å². The lowest BCUT2D eigenvalue weighted by atomic mass is 10.0. The third-order valence-electron chi connectivity index (χ3n) is 3.43. The summed E-state index contributed by atoms with van der Waals surface area (Å²) in [5.74, 6) is 2.79. The first-order valence-corrected chi connectivity index (χ1v) is 6.98. The summed E-state index contributed by atoms with van der Waals surface area (Å²) in [6.07, 6.45) is 5.15. The highest BCUT2D eigenvalue weighted by Crippen LogP contribution is 2.34. The Morgan fingerprint density at radius 3 is 2.71 bits per heavy atom. The van der Waals surface area contributed by atoms with E-state index in [2.05, 4.69) is 5.92 Å². The SMILES string of the molecule is C#CCOc1ccc2c(-c3ccccc3[N+](=O)[O-])cc(=O)oc2c1. The Morgan fingerprint density at radius 1 is 1.17 bits per heavy atom. The lowest BCUT2D eigenvalue weighted by Gasteiger charge is -2.08. The van der Waals surface area contributed by atoms with Crippen LogP contribution in [0.5, 0.6) is 5.75 Å². The molecule has 0 aliphatic rings. The Kier molecular flexibility index (Phi) is 4.00. The summed E-state index contributed by atoms with van der Waals surface area (Å²) < 4.78 is 10.5. The van der Waals surface area contributed by atoms with Crippen LogP contribution in [0.1, 0.15) is 0 Å². The molecule has 118 valence electrons. The van der Waals surface area contributed by atoms with Gasteiger partial charge in [0.1, 0.15) is 17.9 Å². The Balaban J connectivity index is 2.24. The van der Waals surface area contributed by atoms with E-state index in [1.165, 1.54) is 18.2 Å². The maximum Gasteiger partial charge on any atom is 0.336 e. The number of ether oxygens (including phenoxy) is 1. The van der Waals surface area contributed by atoms with Crippen LogP contribution in [0, 0.1) is 22.5 Å². The van der Waals surface area contributed by atoms with Crippen molar-refractivity contribution in [3.63, 3.8) is 0 Å². The van der Waals surface area contributed by atoms with Crippen molar-refractivity contribution in [1.29, 1.82) is 0 Å². The number of fused-ring (bicyclic) bond motifs is 1. The molecule has 0 spiro atoms. The minimum absolute atomic E-state index is 0.0829. The number of hydrogen-bond donors (Lipinski definition) is 0. The number of rotatable bonds is 4. The van der Waals surface area contributed by atoms with Crippen molar-refractivity contribution in [2.75, 3.05) is 6.61 Å². The van der Waals surface area contributed by atoms with Gasteiger partial charge in [0.05, 0.1) is 10.5 Å². The molecule has 0 atom stereocenters. The molecule has 6 nitrogen and oxygen atoms in total. The monoisotopic (exact) mass is 321 g/mol. The fourth-order valence-electron chi connectivity index (χ4n) is 2.44. The molecule has 0 unspecified atom stereocenters. The van der Waals surface area contributed by atoms with E-state index in [0.717, 1.165) is 0 Å². The van der Waals surface area contributed by atoms with Crippen LogP contribution in [0.15, 0.2) is 57.7 Å². The van der Waals surface area contributed by atoms with Gasteiger partial charge in [0.15, 0.2) is 0 Å². The van der Waals surface area contributed by atoms with Crippen molar-refractivity contribution in [2.24, 2.45) is 0 Å². The van der Waals surface area contributed by atoms with Gasteiger partial charge in [-0.3, -0.25) is 10.1 Å². The molecule has 0 aliphatic carbocycles. The molecule has 0 saturated carbocycles. The molecule has 3 aromatic rings. The molecule has 0 saturated heterocycles. The van der Waals surface area contributed by atoms with Crippen LogP contribution in [-0.4, -0.2) is 11.5 Å². The van der Waals surface area contributed by atoms with Gasteiger partial charge in [0, 0.05) is 29.1 Å². The Bertz CT molecular complexity index is 1030. The van der Waals surface area contributed by atoms with Crippen LogP contribution in [0.4, 0.5) is 5.69 Å². The van der Waals surface area contributed by atoms with Crippen molar-refractivity contribution in [3.05, 3.63) is 69.1 Å². The van der Waals surface area contributed by atoms with Gasteiger partial charge in [0.2, 0.25) is 0 Å². The van der Waals surface area contributed by atoms with E-state index < -0.39 is 10.5 Å². The van der Waals surface area contributed by atoms with Gasteiger partial charge in [-0.25, -0.2) is 4.79 Å². The first-order chi connectivity index (χ1) is 11.6. The van der Waals surface area contributed by atoms with Gasteiger partial charge in [-0.1, -0.05) is 18.1 Å².